The fourth-order valence-electron chi connectivity index (χ4n) is 4.69. The van der Waals surface area contributed by atoms with Gasteiger partial charge in [0, 0.05) is 43.0 Å². The molecule has 2 fully saturated rings. The average molecular weight is 448 g/mol. The number of para-hydroxylation sites is 1. The summed E-state index contributed by atoms with van der Waals surface area (Å²) in [6, 6.07) is 9.81. The van der Waals surface area contributed by atoms with Crippen LogP contribution >= 0.6 is 0 Å². The second-order valence-electron chi connectivity index (χ2n) is 8.90. The monoisotopic (exact) mass is 447 g/mol. The van der Waals surface area contributed by atoms with E-state index in [2.05, 4.69) is 35.7 Å². The lowest BCUT2D eigenvalue weighted by atomic mass is 9.93. The van der Waals surface area contributed by atoms with E-state index in [-0.39, 0.29) is 24.1 Å². The van der Waals surface area contributed by atoms with Crippen LogP contribution in [-0.4, -0.2) is 62.5 Å². The van der Waals surface area contributed by atoms with Crippen molar-refractivity contribution >= 4 is 28.6 Å². The van der Waals surface area contributed by atoms with Crippen molar-refractivity contribution in [1.29, 1.82) is 0 Å². The van der Waals surface area contributed by atoms with Gasteiger partial charge in [0.05, 0.1) is 17.2 Å². The number of hydrogen-bond donors (Lipinski definition) is 3. The Morgan fingerprint density at radius 3 is 2.58 bits per heavy atom. The number of nitrogens with one attached hydrogen (secondary N) is 2. The molecular formula is C24H29N7O2. The van der Waals surface area contributed by atoms with Gasteiger partial charge in [-0.15, -0.1) is 5.10 Å². The summed E-state index contributed by atoms with van der Waals surface area (Å²) in [6.45, 7) is 1.65. The third-order valence-electron chi connectivity index (χ3n) is 6.60. The van der Waals surface area contributed by atoms with Crippen molar-refractivity contribution in [1.82, 2.24) is 25.5 Å². The number of aliphatic hydroxyl groups is 1. The summed E-state index contributed by atoms with van der Waals surface area (Å²) in [5, 5.41) is 25.3. The van der Waals surface area contributed by atoms with Crippen LogP contribution in [0, 0.1) is 0 Å². The van der Waals surface area contributed by atoms with E-state index in [1.54, 1.807) is 12.4 Å². The molecule has 0 atom stereocenters. The van der Waals surface area contributed by atoms with Crippen LogP contribution < -0.4 is 15.5 Å². The number of nitrogens with zero attached hydrogens (tertiary/aromatic N) is 5. The minimum atomic E-state index is -0.205. The third kappa shape index (κ3) is 5.03. The van der Waals surface area contributed by atoms with Gasteiger partial charge in [0.15, 0.2) is 5.82 Å². The van der Waals surface area contributed by atoms with Crippen LogP contribution in [0.3, 0.4) is 0 Å². The number of carbonyl (C=O) groups excluding carboxylic acids is 1. The van der Waals surface area contributed by atoms with Crippen molar-refractivity contribution in [3.8, 4) is 0 Å². The molecule has 5 rings (SSSR count). The van der Waals surface area contributed by atoms with E-state index < -0.39 is 0 Å². The first-order valence-corrected chi connectivity index (χ1v) is 11.7. The van der Waals surface area contributed by atoms with Gasteiger partial charge in [0.1, 0.15) is 0 Å². The van der Waals surface area contributed by atoms with Crippen LogP contribution in [0.4, 0.5) is 11.8 Å². The van der Waals surface area contributed by atoms with E-state index >= 15 is 0 Å². The highest BCUT2D eigenvalue weighted by Gasteiger charge is 2.24. The highest BCUT2D eigenvalue weighted by molar-refractivity contribution is 6.05. The molecule has 1 saturated heterocycles. The second-order valence-corrected chi connectivity index (χ2v) is 8.90. The predicted octanol–water partition coefficient (Wildman–Crippen LogP) is 2.53. The lowest BCUT2D eigenvalue weighted by Crippen LogP contribution is -2.45. The lowest BCUT2D eigenvalue weighted by Gasteiger charge is -2.32. The van der Waals surface area contributed by atoms with Crippen molar-refractivity contribution in [3.05, 3.63) is 48.3 Å². The van der Waals surface area contributed by atoms with Gasteiger partial charge in [-0.1, -0.05) is 12.1 Å². The summed E-state index contributed by atoms with van der Waals surface area (Å²) in [7, 11) is 0. The standard InChI is InChI=1S/C24H29N7O2/c32-19-8-6-17(7-9-19)28-24-25-15-16-3-1-4-20(22(16)29-24)23(33)27-18-10-13-31(14-11-18)21-5-2-12-26-30-21/h1-5,12,15,17-19,32H,6-11,13-14H2,(H,27,33)(H,25,28,29). The summed E-state index contributed by atoms with van der Waals surface area (Å²) in [6.07, 6.45) is 8.27. The normalized spacial score (nSPS) is 21.7. The number of benzene rings is 1. The molecule has 2 aliphatic rings. The lowest BCUT2D eigenvalue weighted by molar-refractivity contribution is 0.0932. The number of aromatic nitrogens is 4. The van der Waals surface area contributed by atoms with E-state index in [4.69, 9.17) is 0 Å². The number of hydrogen-bond acceptors (Lipinski definition) is 8. The molecule has 9 nitrogen and oxygen atoms in total. The molecule has 2 aromatic heterocycles. The molecule has 1 amide bonds. The summed E-state index contributed by atoms with van der Waals surface area (Å²) in [5.41, 5.74) is 1.22. The van der Waals surface area contributed by atoms with E-state index in [1.807, 2.05) is 30.3 Å². The van der Waals surface area contributed by atoms with Gasteiger partial charge < -0.3 is 20.6 Å². The molecule has 9 heteroatoms. The highest BCUT2D eigenvalue weighted by Crippen LogP contribution is 2.23. The average Bonchev–Trinajstić information content (AvgIpc) is 2.86. The smallest absolute Gasteiger partial charge is 0.253 e. The first-order chi connectivity index (χ1) is 16.2. The van der Waals surface area contributed by atoms with Crippen molar-refractivity contribution in [2.24, 2.45) is 0 Å². The maximum absolute atomic E-state index is 13.2. The molecule has 33 heavy (non-hydrogen) atoms. The van der Waals surface area contributed by atoms with Crippen molar-refractivity contribution in [2.75, 3.05) is 23.3 Å². The second kappa shape index (κ2) is 9.66. The minimum Gasteiger partial charge on any atom is -0.393 e. The molecule has 0 spiro atoms. The number of rotatable bonds is 5. The first kappa shape index (κ1) is 21.5. The number of fused-ring (bicyclic) bond motifs is 1. The zero-order valence-electron chi connectivity index (χ0n) is 18.5. The zero-order valence-corrected chi connectivity index (χ0v) is 18.5. The Morgan fingerprint density at radius 2 is 1.82 bits per heavy atom. The van der Waals surface area contributed by atoms with Gasteiger partial charge in [-0.3, -0.25) is 4.79 Å². The Morgan fingerprint density at radius 1 is 1.00 bits per heavy atom. The molecule has 1 aromatic carbocycles. The van der Waals surface area contributed by atoms with Crippen molar-refractivity contribution < 1.29 is 9.90 Å². The molecule has 1 saturated carbocycles. The molecule has 172 valence electrons. The van der Waals surface area contributed by atoms with Crippen LogP contribution in [0.2, 0.25) is 0 Å². The molecule has 0 unspecified atom stereocenters. The largest absolute Gasteiger partial charge is 0.393 e. The van der Waals surface area contributed by atoms with Crippen molar-refractivity contribution in [3.63, 3.8) is 0 Å². The first-order valence-electron chi connectivity index (χ1n) is 11.7. The fourth-order valence-corrected chi connectivity index (χ4v) is 4.69. The molecule has 1 aliphatic heterocycles. The SMILES string of the molecule is O=C(NC1CCN(c2cccnn2)CC1)c1cccc2cnc(NC3CCC(O)CC3)nc12. The van der Waals surface area contributed by atoms with E-state index in [0.717, 1.165) is 62.8 Å². The van der Waals surface area contributed by atoms with E-state index in [9.17, 15) is 9.90 Å². The number of aliphatic hydroxyl groups excluding tert-OH is 1. The van der Waals surface area contributed by atoms with E-state index in [0.29, 0.717) is 17.0 Å². The predicted molar refractivity (Wildman–Crippen MR) is 126 cm³/mol. The van der Waals surface area contributed by atoms with Crippen LogP contribution in [0.1, 0.15) is 48.9 Å². The van der Waals surface area contributed by atoms with Crippen LogP contribution in [-0.2, 0) is 0 Å². The third-order valence-corrected chi connectivity index (χ3v) is 6.60. The molecule has 3 N–H and O–H groups in total. The molecule has 0 radical (unpaired) electrons. The van der Waals surface area contributed by atoms with Gasteiger partial charge >= 0.3 is 0 Å². The minimum absolute atomic E-state index is 0.105. The Bertz CT molecular complexity index is 1090. The summed E-state index contributed by atoms with van der Waals surface area (Å²) in [5.74, 6) is 1.30. The maximum Gasteiger partial charge on any atom is 0.253 e. The Balaban J connectivity index is 1.25. The number of carbonyl (C=O) groups is 1. The summed E-state index contributed by atoms with van der Waals surface area (Å²) < 4.78 is 0. The summed E-state index contributed by atoms with van der Waals surface area (Å²) in [4.78, 5) is 24.5. The number of amides is 1. The molecule has 0 bridgehead atoms. The van der Waals surface area contributed by atoms with Crippen LogP contribution in [0.25, 0.3) is 10.9 Å². The maximum atomic E-state index is 13.2. The highest BCUT2D eigenvalue weighted by atomic mass is 16.3. The molecule has 3 aromatic rings. The number of piperidine rings is 1. The quantitative estimate of drug-likeness (QED) is 0.546. The van der Waals surface area contributed by atoms with Gasteiger partial charge in [-0.05, 0) is 56.7 Å². The fraction of sp³-hybridized carbons (Fsp3) is 0.458. The topological polar surface area (TPSA) is 116 Å². The van der Waals surface area contributed by atoms with E-state index in [1.165, 1.54) is 0 Å². The van der Waals surface area contributed by atoms with Crippen molar-refractivity contribution in [2.45, 2.75) is 56.7 Å². The Hall–Kier alpha value is -3.33. The summed E-state index contributed by atoms with van der Waals surface area (Å²) >= 11 is 0. The Labute approximate surface area is 192 Å². The van der Waals surface area contributed by atoms with Gasteiger partial charge in [-0.25, -0.2) is 9.97 Å². The Kier molecular flexibility index (Phi) is 6.30. The van der Waals surface area contributed by atoms with Gasteiger partial charge in [-0.2, -0.15) is 5.10 Å². The number of anilines is 2. The molecule has 3 heterocycles. The van der Waals surface area contributed by atoms with Gasteiger partial charge in [0.2, 0.25) is 5.95 Å². The molecule has 1 aliphatic carbocycles. The molecular weight excluding hydrogens is 418 g/mol. The van der Waals surface area contributed by atoms with Crippen LogP contribution in [0.15, 0.2) is 42.7 Å². The zero-order chi connectivity index (χ0) is 22.6. The van der Waals surface area contributed by atoms with Gasteiger partial charge in [0.25, 0.3) is 5.91 Å². The van der Waals surface area contributed by atoms with Crippen LogP contribution in [0.5, 0.6) is 0 Å².